The molecule has 2 fully saturated rings. The quantitative estimate of drug-likeness (QED) is 0.245. The third-order valence-corrected chi connectivity index (χ3v) is 3.29. The normalized spacial score (nSPS) is 15.2. The molecule has 0 aromatic carbocycles. The molecule has 0 atom stereocenters. The Labute approximate surface area is 180 Å². The molecule has 0 N–H and O–H groups in total. The average Bonchev–Trinajstić information content (AvgIpc) is 3.09. The predicted octanol–water partition coefficient (Wildman–Crippen LogP) is 4.95. The van der Waals surface area contributed by atoms with E-state index in [-0.39, 0.29) is 48.1 Å². The monoisotopic (exact) mass is 538 g/mol. The molecule has 0 amide bonds. The molecule has 124 valence electrons. The van der Waals surface area contributed by atoms with E-state index in [0.717, 1.165) is 4.91 Å². The summed E-state index contributed by atoms with van der Waals surface area (Å²) in [6.07, 6.45) is 15.0. The van der Waals surface area contributed by atoms with E-state index in [0.29, 0.717) is 0 Å². The number of hydrogen-bond acceptors (Lipinski definition) is 5. The fourth-order valence-electron chi connectivity index (χ4n) is 1.77. The van der Waals surface area contributed by atoms with Crippen LogP contribution >= 0.6 is 9.82 Å². The van der Waals surface area contributed by atoms with E-state index < -0.39 is 0 Å². The van der Waals surface area contributed by atoms with E-state index in [1.807, 2.05) is 0 Å². The third-order valence-electron chi connectivity index (χ3n) is 2.67. The van der Waals surface area contributed by atoms with Gasteiger partial charge in [0.25, 0.3) is 0 Å². The van der Waals surface area contributed by atoms with Crippen LogP contribution in [0.3, 0.4) is 0 Å². The molecule has 2 aliphatic rings. The van der Waals surface area contributed by atoms with Crippen LogP contribution in [0, 0.1) is 0 Å². The van der Waals surface area contributed by atoms with E-state index in [2.05, 4.69) is 35.1 Å². The Morgan fingerprint density at radius 2 is 0.900 bits per heavy atom. The molecular formula is C13H26Mo2S5-4. The van der Waals surface area contributed by atoms with E-state index in [1.54, 1.807) is 6.92 Å². The summed E-state index contributed by atoms with van der Waals surface area (Å²) < 4.78 is 0. The number of thiol groups is 2. The molecule has 2 aliphatic carbocycles. The predicted molar refractivity (Wildman–Crippen MR) is 99.8 cm³/mol. The Balaban J connectivity index is -0.0000000494. The average molecular weight is 535 g/mol. The van der Waals surface area contributed by atoms with Crippen molar-refractivity contribution in [1.29, 1.82) is 0 Å². The summed E-state index contributed by atoms with van der Waals surface area (Å²) in [5.41, 5.74) is 0. The van der Waals surface area contributed by atoms with Gasteiger partial charge in [-0.1, -0.05) is 71.1 Å². The van der Waals surface area contributed by atoms with Crippen molar-refractivity contribution in [2.75, 3.05) is 0 Å². The van der Waals surface area contributed by atoms with Crippen LogP contribution in [0.2, 0.25) is 0 Å². The molecule has 20 heavy (non-hydrogen) atoms. The minimum absolute atomic E-state index is 0. The van der Waals surface area contributed by atoms with Crippen LogP contribution in [0.1, 0.15) is 71.1 Å². The van der Waals surface area contributed by atoms with Crippen molar-refractivity contribution in [3.05, 3.63) is 10.3 Å². The van der Waals surface area contributed by atoms with E-state index in [9.17, 15) is 0 Å². The first-order chi connectivity index (χ1) is 8.27. The molecule has 0 saturated heterocycles. The van der Waals surface area contributed by atoms with Gasteiger partial charge in [-0.15, -0.1) is 0 Å². The topological polar surface area (TPSA) is 0 Å². The first-order valence-electron chi connectivity index (χ1n) is 6.40. The van der Waals surface area contributed by atoms with Crippen LogP contribution in [-0.4, -0.2) is 0 Å². The molecular weight excluding hydrogens is 508 g/mol. The second-order valence-corrected chi connectivity index (χ2v) is 5.14. The van der Waals surface area contributed by atoms with Crippen LogP contribution in [0.25, 0.3) is 0 Å². The van der Waals surface area contributed by atoms with Crippen LogP contribution < -0.4 is 0 Å². The summed E-state index contributed by atoms with van der Waals surface area (Å²) in [4.78, 5) is 0.778. The van der Waals surface area contributed by atoms with Gasteiger partial charge in [0.1, 0.15) is 0 Å². The Morgan fingerprint density at radius 1 is 0.800 bits per heavy atom. The van der Waals surface area contributed by atoms with Crippen molar-refractivity contribution in [2.45, 2.75) is 71.1 Å². The molecule has 0 bridgehead atoms. The summed E-state index contributed by atoms with van der Waals surface area (Å²) in [7, 11) is 4.09. The van der Waals surface area contributed by atoms with E-state index in [1.165, 1.54) is 87.6 Å². The summed E-state index contributed by atoms with van der Waals surface area (Å²) in [5.74, 6) is 0. The first-order valence-corrected chi connectivity index (χ1v) is 10.1. The van der Waals surface area contributed by atoms with Crippen LogP contribution in [0.4, 0.5) is 0 Å². The van der Waals surface area contributed by atoms with Gasteiger partial charge in [0, 0.05) is 21.1 Å². The molecule has 2 rings (SSSR count). The number of hydrogen-bond donors (Lipinski definition) is 0. The summed E-state index contributed by atoms with van der Waals surface area (Å²) in [5, 5.41) is 1.48. The van der Waals surface area contributed by atoms with Gasteiger partial charge in [-0.3, -0.25) is 0 Å². The van der Waals surface area contributed by atoms with Crippen molar-refractivity contribution in [3.63, 3.8) is 0 Å². The maximum absolute atomic E-state index is 4.54. The molecule has 0 radical (unpaired) electrons. The van der Waals surface area contributed by atoms with Gasteiger partial charge >= 0.3 is 27.8 Å². The fourth-order valence-corrected chi connectivity index (χ4v) is 1.77. The van der Waals surface area contributed by atoms with Gasteiger partial charge in [-0.05, 0) is 0 Å². The molecule has 0 unspecified atom stereocenters. The van der Waals surface area contributed by atoms with Crippen molar-refractivity contribution in [1.82, 2.24) is 0 Å². The van der Waals surface area contributed by atoms with Gasteiger partial charge in [-0.25, -0.2) is 10.3 Å². The number of rotatable bonds is 0. The summed E-state index contributed by atoms with van der Waals surface area (Å²) in [6.45, 7) is 1.79. The van der Waals surface area contributed by atoms with Gasteiger partial charge < -0.3 is 52.2 Å². The van der Waals surface area contributed by atoms with Crippen molar-refractivity contribution >= 4 is 62.1 Å². The maximum atomic E-state index is 4.54. The standard InChI is InChI=1S/2C5H10.C3H6S2.2Mo.2H2S.S/c2*1-2-4-5-3-1;1-3(5)2-4;;;;;/h2*1-5H2;2,4-5H,1H3;;;2*1H2;/p-4/b;;3-2-;;;;;. The molecule has 7 heteroatoms. The Hall–Kier alpha value is 2.48. The summed E-state index contributed by atoms with van der Waals surface area (Å²) >= 11 is 10.5. The molecule has 0 aromatic heterocycles. The molecule has 0 nitrogen and oxygen atoms in total. The Bertz CT molecular complexity index is 143. The Morgan fingerprint density at radius 3 is 0.950 bits per heavy atom. The Kier molecular flexibility index (Phi) is 56.3. The summed E-state index contributed by atoms with van der Waals surface area (Å²) in [6, 6.07) is 0. The molecule has 0 heterocycles. The third kappa shape index (κ3) is 37.1. The van der Waals surface area contributed by atoms with Gasteiger partial charge in [0.15, 0.2) is 0 Å². The van der Waals surface area contributed by atoms with Crippen molar-refractivity contribution in [2.24, 2.45) is 0 Å². The van der Waals surface area contributed by atoms with E-state index >= 15 is 0 Å². The van der Waals surface area contributed by atoms with Crippen LogP contribution in [0.5, 0.6) is 0 Å². The van der Waals surface area contributed by atoms with Crippen LogP contribution in [0.15, 0.2) is 10.3 Å². The minimum atomic E-state index is 0. The zero-order valence-electron chi connectivity index (χ0n) is 12.1. The van der Waals surface area contributed by atoms with E-state index in [4.69, 9.17) is 0 Å². The zero-order valence-corrected chi connectivity index (χ0v) is 20.3. The zero-order chi connectivity index (χ0) is 13.4. The second-order valence-electron chi connectivity index (χ2n) is 4.26. The second kappa shape index (κ2) is 33.2. The first kappa shape index (κ1) is 33.9. The van der Waals surface area contributed by atoms with Crippen LogP contribution in [-0.2, 0) is 91.3 Å². The fraction of sp³-hybridized carbons (Fsp3) is 0.846. The molecule has 0 spiro atoms. The van der Waals surface area contributed by atoms with Gasteiger partial charge in [0.05, 0.1) is 0 Å². The van der Waals surface area contributed by atoms with Gasteiger partial charge in [-0.2, -0.15) is 0 Å². The molecule has 0 aromatic rings. The SMILES string of the molecule is C/C([S-])=C/[S-].C1CCCC1.C1CCCC1.[Mo].[SH-].[SH-].[S]=[Mo]. The molecule has 0 aliphatic heterocycles. The van der Waals surface area contributed by atoms with Gasteiger partial charge in [0.2, 0.25) is 0 Å². The number of allylic oxidation sites excluding steroid dienone is 1. The van der Waals surface area contributed by atoms with Crippen molar-refractivity contribution in [3.8, 4) is 0 Å². The van der Waals surface area contributed by atoms with Crippen molar-refractivity contribution < 1.29 is 39.1 Å². The molecule has 2 saturated carbocycles.